The minimum absolute atomic E-state index is 0.0422. The van der Waals surface area contributed by atoms with Gasteiger partial charge in [0.15, 0.2) is 35.9 Å². The molecule has 34 heteroatoms. The number of aliphatic hydroxyl groups is 1. The van der Waals surface area contributed by atoms with Crippen molar-refractivity contribution < 1.29 is 43.0 Å². The van der Waals surface area contributed by atoms with Crippen molar-refractivity contribution >= 4 is 104 Å². The molecule has 5 aromatic carbocycles. The lowest BCUT2D eigenvalue weighted by molar-refractivity contribution is 0.0202. The Hall–Kier alpha value is -12.7. The number of nitrogens with zero attached hydrogens (tertiary/aromatic N) is 10. The Morgan fingerprint density at radius 1 is 0.354 bits per heavy atom. The van der Waals surface area contributed by atoms with E-state index >= 15 is 0 Å². The number of ether oxygens (including phenoxy) is 8. The third kappa shape index (κ3) is 25.9. The molecule has 0 radical (unpaired) electrons. The predicted octanol–water partition coefficient (Wildman–Crippen LogP) is 7.46. The zero-order chi connectivity index (χ0) is 71.2. The van der Waals surface area contributed by atoms with Crippen LogP contribution in [0.1, 0.15) is 26.3 Å². The highest BCUT2D eigenvalue weighted by atomic mass is 16.7. The van der Waals surface area contributed by atoms with Gasteiger partial charge in [-0.1, -0.05) is 103 Å². The highest BCUT2D eigenvalue weighted by molar-refractivity contribution is 5.76. The third-order valence-corrected chi connectivity index (χ3v) is 12.3. The first-order valence-corrected chi connectivity index (χ1v) is 30.6. The van der Waals surface area contributed by atoms with Gasteiger partial charge in [0.1, 0.15) is 54.0 Å². The second-order valence-electron chi connectivity index (χ2n) is 19.8. The van der Waals surface area contributed by atoms with Gasteiger partial charge in [-0.15, -0.1) is 0 Å². The summed E-state index contributed by atoms with van der Waals surface area (Å²) in [6.07, 6.45) is 0. The van der Waals surface area contributed by atoms with E-state index in [9.17, 15) is 0 Å². The minimum atomic E-state index is -0.134. The van der Waals surface area contributed by atoms with Crippen molar-refractivity contribution in [3.8, 4) is 35.1 Å². The van der Waals surface area contributed by atoms with E-state index in [0.29, 0.717) is 111 Å². The number of aromatic nitrogens is 10. The van der Waals surface area contributed by atoms with Gasteiger partial charge in [-0.05, 0) is 74.9 Å². The molecule has 0 amide bonds. The van der Waals surface area contributed by atoms with E-state index in [1.54, 1.807) is 7.11 Å². The topological polar surface area (TPSA) is 543 Å². The first kappa shape index (κ1) is 75.4. The van der Waals surface area contributed by atoms with Gasteiger partial charge in [-0.2, -0.15) is 49.8 Å². The smallest absolute Gasteiger partial charge is 0.249 e. The fourth-order valence-electron chi connectivity index (χ4n) is 7.80. The zero-order valence-electron chi connectivity index (χ0n) is 55.2. The van der Waals surface area contributed by atoms with Crippen LogP contribution < -0.4 is 108 Å². The van der Waals surface area contributed by atoms with Crippen LogP contribution in [0.4, 0.5) is 104 Å². The molecule has 0 spiro atoms. The number of nitrogens with one attached hydrogen (secondary N) is 5. The van der Waals surface area contributed by atoms with Gasteiger partial charge in [-0.3, -0.25) is 0 Å². The molecule has 34 nitrogen and oxygen atoms in total. The molecule has 0 bridgehead atoms. The standard InChI is InChI=1S/C15H21N5O3.C13H17N5O2.C13H17N5O.C12H15N5O2.C12H15N5O/c1-21-7-8-22-9-10-23-14-12(16)13(19-15(17)20-14)18-11-5-3-2-4-6-11;1-2-19-8-20-12-10(14)11(17-13(15)18-12)16-9-6-4-3-5-7-9;1-2-16-11-10(14)12(18-13(15)17-11)19-8-9-6-4-3-5-7-9;13-9-10(15-8-4-2-1-3-5-8)16-12(14)17-11(9)19-7-6-18;1-2-15-10-9(13)11(17-12(14)16-10)18-8-6-4-3-5-7-8/h2-6H,7-10,16H2,1H3,(H3,17,18,19,20);3-7H,2,8,14H2,1H3,(H3,15,16,17,18);3-7H,2,8,14H2,1H3,(H3,15,16,17,18);1-5,18H,6-7,13H2,(H3,14,15,16,17);3-7H,2,13H2,1H3,(H3,14,15,16,17). The normalized spacial score (nSPS) is 10.2. The van der Waals surface area contributed by atoms with Crippen LogP contribution in [0.25, 0.3) is 0 Å². The first-order chi connectivity index (χ1) is 48.0. The zero-order valence-corrected chi connectivity index (χ0v) is 55.2. The lowest BCUT2D eigenvalue weighted by Gasteiger charge is -2.13. The minimum Gasteiger partial charge on any atom is -0.474 e. The SMILES string of the molecule is CCNc1nc(N)nc(OCc2ccccc2)c1N.CCNc1nc(N)nc(Oc2ccccc2)c1N.CCOCOc1nc(N)nc(Nc2ccccc2)c1N.COCCOCCOc1nc(N)nc(Nc2ccccc2)c1N.Nc1nc(Nc2ccccc2)c(N)c(OCCO)n1. The quantitative estimate of drug-likeness (QED) is 0.0160. The average molecular weight is 1360 g/mol. The Morgan fingerprint density at radius 3 is 1.10 bits per heavy atom. The largest absolute Gasteiger partial charge is 0.474 e. The maximum Gasteiger partial charge on any atom is 0.249 e. The summed E-state index contributed by atoms with van der Waals surface area (Å²) in [5.74, 6) is 4.36. The lowest BCUT2D eigenvalue weighted by atomic mass is 10.2. The van der Waals surface area contributed by atoms with E-state index in [2.05, 4.69) is 76.4 Å². The van der Waals surface area contributed by atoms with Crippen molar-refractivity contribution in [1.82, 2.24) is 49.8 Å². The van der Waals surface area contributed by atoms with Gasteiger partial charge in [-0.25, -0.2) is 0 Å². The number of nitrogen functional groups attached to an aromatic ring is 10. The summed E-state index contributed by atoms with van der Waals surface area (Å²) >= 11 is 0. The van der Waals surface area contributed by atoms with Crippen LogP contribution in [0.5, 0.6) is 35.1 Å². The molecule has 10 aromatic rings. The van der Waals surface area contributed by atoms with Crippen molar-refractivity contribution in [2.75, 3.05) is 157 Å². The van der Waals surface area contributed by atoms with Crippen LogP contribution in [0.15, 0.2) is 152 Å². The fraction of sp³-hybridized carbons (Fsp3) is 0.231. The molecule has 524 valence electrons. The molecular weight excluding hydrogens is 1270 g/mol. The summed E-state index contributed by atoms with van der Waals surface area (Å²) in [6.45, 7) is 9.80. The van der Waals surface area contributed by atoms with E-state index in [-0.39, 0.29) is 84.6 Å². The molecule has 5 aromatic heterocycles. The second kappa shape index (κ2) is 41.2. The summed E-state index contributed by atoms with van der Waals surface area (Å²) in [6, 6.07) is 47.4. The molecule has 0 fully saturated rings. The van der Waals surface area contributed by atoms with Crippen molar-refractivity contribution in [1.29, 1.82) is 0 Å². The maximum absolute atomic E-state index is 8.74. The third-order valence-electron chi connectivity index (χ3n) is 12.3. The highest BCUT2D eigenvalue weighted by Crippen LogP contribution is 2.34. The summed E-state index contributed by atoms with van der Waals surface area (Å²) in [5, 5.41) is 23.9. The van der Waals surface area contributed by atoms with Crippen LogP contribution in [-0.2, 0) is 20.8 Å². The second-order valence-corrected chi connectivity index (χ2v) is 19.8. The summed E-state index contributed by atoms with van der Waals surface area (Å²) in [7, 11) is 1.62. The number of benzene rings is 5. The summed E-state index contributed by atoms with van der Waals surface area (Å²) in [5.41, 5.74) is 63.0. The van der Waals surface area contributed by atoms with E-state index in [0.717, 1.165) is 22.6 Å². The van der Waals surface area contributed by atoms with Crippen LogP contribution in [0.3, 0.4) is 0 Å². The molecule has 0 atom stereocenters. The molecule has 26 N–H and O–H groups in total. The molecule has 0 saturated heterocycles. The van der Waals surface area contributed by atoms with Gasteiger partial charge in [0.05, 0.1) is 26.4 Å². The van der Waals surface area contributed by atoms with Gasteiger partial charge in [0.25, 0.3) is 0 Å². The van der Waals surface area contributed by atoms with Crippen molar-refractivity contribution in [2.24, 2.45) is 0 Å². The Balaban J connectivity index is 0.000000196. The number of methoxy groups -OCH3 is 1. The Bertz CT molecular complexity index is 3980. The van der Waals surface area contributed by atoms with Crippen molar-refractivity contribution in [3.63, 3.8) is 0 Å². The molecule has 0 saturated carbocycles. The average Bonchev–Trinajstić information content (AvgIpc) is 1.01. The van der Waals surface area contributed by atoms with E-state index in [4.69, 9.17) is 100 Å². The van der Waals surface area contributed by atoms with E-state index < -0.39 is 0 Å². The monoisotopic (exact) mass is 1360 g/mol. The van der Waals surface area contributed by atoms with Gasteiger partial charge in [0, 0.05) is 43.9 Å². The van der Waals surface area contributed by atoms with Crippen LogP contribution in [0.2, 0.25) is 0 Å². The first-order valence-electron chi connectivity index (χ1n) is 30.6. The lowest BCUT2D eigenvalue weighted by Crippen LogP contribution is -2.13. The Labute approximate surface area is 571 Å². The molecule has 0 aliphatic carbocycles. The van der Waals surface area contributed by atoms with Gasteiger partial charge in [0.2, 0.25) is 59.1 Å². The number of hydrogen-bond acceptors (Lipinski definition) is 34. The number of hydrogen-bond donors (Lipinski definition) is 16. The number of aliphatic hydroxyl groups excluding tert-OH is 1. The summed E-state index contributed by atoms with van der Waals surface area (Å²) < 4.78 is 42.5. The van der Waals surface area contributed by atoms with Crippen LogP contribution in [-0.4, -0.2) is 128 Å². The predicted molar refractivity (Wildman–Crippen MR) is 387 cm³/mol. The number of nitrogens with two attached hydrogens (primary N) is 10. The Kier molecular flexibility index (Phi) is 31.4. The molecular formula is C65H85N25O9. The molecule has 5 heterocycles. The fourth-order valence-corrected chi connectivity index (χ4v) is 7.80. The molecule has 99 heavy (non-hydrogen) atoms. The molecule has 10 rings (SSSR count). The molecule has 0 aliphatic rings. The highest BCUT2D eigenvalue weighted by Gasteiger charge is 2.17. The van der Waals surface area contributed by atoms with Crippen molar-refractivity contribution in [2.45, 2.75) is 27.4 Å². The number of rotatable bonds is 29. The summed E-state index contributed by atoms with van der Waals surface area (Å²) in [4.78, 5) is 40.1. The van der Waals surface area contributed by atoms with Crippen LogP contribution in [0, 0.1) is 0 Å². The van der Waals surface area contributed by atoms with Crippen LogP contribution >= 0.6 is 0 Å². The maximum atomic E-state index is 8.74. The van der Waals surface area contributed by atoms with Gasteiger partial charge < -0.3 is 127 Å². The molecule has 0 aliphatic heterocycles. The van der Waals surface area contributed by atoms with Gasteiger partial charge >= 0.3 is 0 Å². The number of anilines is 18. The van der Waals surface area contributed by atoms with Crippen molar-refractivity contribution in [3.05, 3.63) is 157 Å². The van der Waals surface area contributed by atoms with E-state index in [1.807, 2.05) is 172 Å². The van der Waals surface area contributed by atoms with E-state index in [1.165, 1.54) is 0 Å². The molecule has 0 unspecified atom stereocenters. The number of para-hydroxylation sites is 4. The Morgan fingerprint density at radius 2 is 0.697 bits per heavy atom.